The fourth-order valence-corrected chi connectivity index (χ4v) is 1.53. The summed E-state index contributed by atoms with van der Waals surface area (Å²) < 4.78 is 5.60. The molecule has 0 aliphatic carbocycles. The summed E-state index contributed by atoms with van der Waals surface area (Å²) in [4.78, 5) is 16.7. The first-order chi connectivity index (χ1) is 8.69. The van der Waals surface area contributed by atoms with Gasteiger partial charge in [-0.1, -0.05) is 25.8 Å². The SMILES string of the molecule is CCCCCOc1cccc(C(=O)N(C)OC)c1. The molecule has 0 radical (unpaired) electrons. The van der Waals surface area contributed by atoms with Crippen molar-refractivity contribution in [2.24, 2.45) is 0 Å². The van der Waals surface area contributed by atoms with Gasteiger partial charge in [-0.05, 0) is 24.6 Å². The normalized spacial score (nSPS) is 10.2. The number of hydroxylamine groups is 2. The fourth-order valence-electron chi connectivity index (χ4n) is 1.53. The van der Waals surface area contributed by atoms with E-state index in [0.29, 0.717) is 12.2 Å². The van der Waals surface area contributed by atoms with Crippen molar-refractivity contribution in [1.29, 1.82) is 0 Å². The van der Waals surface area contributed by atoms with Gasteiger partial charge < -0.3 is 4.74 Å². The molecule has 0 fully saturated rings. The third-order valence-electron chi connectivity index (χ3n) is 2.66. The van der Waals surface area contributed by atoms with E-state index in [2.05, 4.69) is 6.92 Å². The van der Waals surface area contributed by atoms with E-state index in [-0.39, 0.29) is 5.91 Å². The Morgan fingerprint density at radius 1 is 1.33 bits per heavy atom. The smallest absolute Gasteiger partial charge is 0.277 e. The average Bonchev–Trinajstić information content (AvgIpc) is 2.42. The monoisotopic (exact) mass is 251 g/mol. The summed E-state index contributed by atoms with van der Waals surface area (Å²) in [5.74, 6) is 0.540. The molecule has 4 nitrogen and oxygen atoms in total. The molecule has 0 atom stereocenters. The average molecular weight is 251 g/mol. The summed E-state index contributed by atoms with van der Waals surface area (Å²) in [5, 5.41) is 1.19. The van der Waals surface area contributed by atoms with Gasteiger partial charge in [-0.3, -0.25) is 9.63 Å². The molecule has 1 aromatic rings. The number of rotatable bonds is 7. The van der Waals surface area contributed by atoms with Crippen LogP contribution >= 0.6 is 0 Å². The van der Waals surface area contributed by atoms with E-state index >= 15 is 0 Å². The fraction of sp³-hybridized carbons (Fsp3) is 0.500. The highest BCUT2D eigenvalue weighted by molar-refractivity contribution is 5.93. The molecule has 0 unspecified atom stereocenters. The molecule has 0 aliphatic rings. The van der Waals surface area contributed by atoms with Crippen molar-refractivity contribution in [3.63, 3.8) is 0 Å². The van der Waals surface area contributed by atoms with Gasteiger partial charge in [-0.15, -0.1) is 0 Å². The second-order valence-corrected chi connectivity index (χ2v) is 4.07. The Morgan fingerprint density at radius 2 is 2.11 bits per heavy atom. The van der Waals surface area contributed by atoms with Crippen molar-refractivity contribution in [2.75, 3.05) is 20.8 Å². The first-order valence-electron chi connectivity index (χ1n) is 6.24. The number of carbonyl (C=O) groups is 1. The minimum absolute atomic E-state index is 0.184. The molecule has 1 rings (SSSR count). The van der Waals surface area contributed by atoms with E-state index in [1.54, 1.807) is 19.2 Å². The van der Waals surface area contributed by atoms with E-state index in [4.69, 9.17) is 9.57 Å². The van der Waals surface area contributed by atoms with E-state index in [1.807, 2.05) is 12.1 Å². The highest BCUT2D eigenvalue weighted by Gasteiger charge is 2.11. The Kier molecular flexibility index (Phi) is 6.22. The Morgan fingerprint density at radius 3 is 2.78 bits per heavy atom. The predicted octanol–water partition coefficient (Wildman–Crippen LogP) is 2.89. The topological polar surface area (TPSA) is 38.8 Å². The minimum Gasteiger partial charge on any atom is -0.494 e. The summed E-state index contributed by atoms with van der Waals surface area (Å²) in [7, 11) is 3.04. The van der Waals surface area contributed by atoms with Crippen molar-refractivity contribution < 1.29 is 14.4 Å². The number of benzene rings is 1. The van der Waals surface area contributed by atoms with Gasteiger partial charge in [0.15, 0.2) is 0 Å². The Balaban J connectivity index is 2.59. The molecule has 0 aromatic heterocycles. The summed E-state index contributed by atoms with van der Waals surface area (Å²) >= 11 is 0. The largest absolute Gasteiger partial charge is 0.494 e. The van der Waals surface area contributed by atoms with Crippen LogP contribution in [0.5, 0.6) is 5.75 Å². The van der Waals surface area contributed by atoms with E-state index in [9.17, 15) is 4.79 Å². The van der Waals surface area contributed by atoms with Crippen LogP contribution in [0.25, 0.3) is 0 Å². The Hall–Kier alpha value is -1.55. The molecule has 0 spiro atoms. The second kappa shape index (κ2) is 7.71. The van der Waals surface area contributed by atoms with Crippen molar-refractivity contribution in [3.05, 3.63) is 29.8 Å². The number of hydrogen-bond acceptors (Lipinski definition) is 3. The molecule has 100 valence electrons. The Bertz CT molecular complexity index is 379. The van der Waals surface area contributed by atoms with Crippen LogP contribution in [0.1, 0.15) is 36.5 Å². The summed E-state index contributed by atoms with van der Waals surface area (Å²) in [5.41, 5.74) is 0.562. The molecule has 1 aromatic carbocycles. The second-order valence-electron chi connectivity index (χ2n) is 4.07. The molecule has 0 saturated heterocycles. The van der Waals surface area contributed by atoms with E-state index in [1.165, 1.54) is 18.6 Å². The van der Waals surface area contributed by atoms with Crippen LogP contribution in [0.15, 0.2) is 24.3 Å². The molecular weight excluding hydrogens is 230 g/mol. The first kappa shape index (κ1) is 14.5. The third-order valence-corrected chi connectivity index (χ3v) is 2.66. The number of unbranched alkanes of at least 4 members (excludes halogenated alkanes) is 2. The van der Waals surface area contributed by atoms with Gasteiger partial charge in [0.2, 0.25) is 0 Å². The maximum atomic E-state index is 11.8. The van der Waals surface area contributed by atoms with Crippen LogP contribution in [-0.2, 0) is 4.84 Å². The lowest BCUT2D eigenvalue weighted by atomic mass is 10.2. The zero-order chi connectivity index (χ0) is 13.4. The molecule has 4 heteroatoms. The van der Waals surface area contributed by atoms with Gasteiger partial charge in [-0.2, -0.15) is 0 Å². The standard InChI is InChI=1S/C14H21NO3/c1-4-5-6-10-18-13-9-7-8-12(11-13)14(16)15(2)17-3/h7-9,11H,4-6,10H2,1-3H3. The van der Waals surface area contributed by atoms with E-state index < -0.39 is 0 Å². The zero-order valence-corrected chi connectivity index (χ0v) is 11.3. The lowest BCUT2D eigenvalue weighted by molar-refractivity contribution is -0.0757. The maximum absolute atomic E-state index is 11.8. The molecule has 0 aliphatic heterocycles. The van der Waals surface area contributed by atoms with Crippen LogP contribution in [0.2, 0.25) is 0 Å². The molecule has 18 heavy (non-hydrogen) atoms. The number of ether oxygens (including phenoxy) is 1. The van der Waals surface area contributed by atoms with Gasteiger partial charge in [-0.25, -0.2) is 5.06 Å². The van der Waals surface area contributed by atoms with Gasteiger partial charge in [0, 0.05) is 12.6 Å². The van der Waals surface area contributed by atoms with Gasteiger partial charge in [0.25, 0.3) is 5.91 Å². The third kappa shape index (κ3) is 4.37. The molecule has 0 bridgehead atoms. The van der Waals surface area contributed by atoms with Crippen LogP contribution in [0.3, 0.4) is 0 Å². The van der Waals surface area contributed by atoms with Crippen LogP contribution < -0.4 is 4.74 Å². The molecule has 0 saturated carbocycles. The van der Waals surface area contributed by atoms with Crippen molar-refractivity contribution in [1.82, 2.24) is 5.06 Å². The summed E-state index contributed by atoms with van der Waals surface area (Å²) in [6.07, 6.45) is 3.36. The molecule has 0 N–H and O–H groups in total. The van der Waals surface area contributed by atoms with Gasteiger partial charge in [0.1, 0.15) is 5.75 Å². The Labute approximate surface area is 108 Å². The van der Waals surface area contributed by atoms with Gasteiger partial charge >= 0.3 is 0 Å². The first-order valence-corrected chi connectivity index (χ1v) is 6.24. The van der Waals surface area contributed by atoms with Crippen molar-refractivity contribution >= 4 is 5.91 Å². The maximum Gasteiger partial charge on any atom is 0.277 e. The van der Waals surface area contributed by atoms with Crippen molar-refractivity contribution in [2.45, 2.75) is 26.2 Å². The zero-order valence-electron chi connectivity index (χ0n) is 11.3. The highest BCUT2D eigenvalue weighted by Crippen LogP contribution is 2.15. The number of nitrogens with zero attached hydrogens (tertiary/aromatic N) is 1. The number of hydrogen-bond donors (Lipinski definition) is 0. The van der Waals surface area contributed by atoms with Crippen LogP contribution in [-0.4, -0.2) is 31.7 Å². The number of amides is 1. The quantitative estimate of drug-likeness (QED) is 0.552. The minimum atomic E-state index is -0.184. The van der Waals surface area contributed by atoms with Gasteiger partial charge in [0.05, 0.1) is 13.7 Å². The van der Waals surface area contributed by atoms with Crippen molar-refractivity contribution in [3.8, 4) is 5.75 Å². The molecular formula is C14H21NO3. The predicted molar refractivity (Wildman–Crippen MR) is 70.6 cm³/mol. The molecule has 0 heterocycles. The highest BCUT2D eigenvalue weighted by atomic mass is 16.7. The lowest BCUT2D eigenvalue weighted by Gasteiger charge is -2.14. The molecule has 1 amide bonds. The number of carbonyl (C=O) groups excluding carboxylic acids is 1. The van der Waals surface area contributed by atoms with E-state index in [0.717, 1.165) is 18.6 Å². The summed E-state index contributed by atoms with van der Waals surface area (Å²) in [6, 6.07) is 7.15. The van der Waals surface area contributed by atoms with Crippen LogP contribution in [0, 0.1) is 0 Å². The summed E-state index contributed by atoms with van der Waals surface area (Å²) in [6.45, 7) is 2.84. The lowest BCUT2D eigenvalue weighted by Crippen LogP contribution is -2.25. The van der Waals surface area contributed by atoms with Crippen LogP contribution in [0.4, 0.5) is 0 Å².